The summed E-state index contributed by atoms with van der Waals surface area (Å²) in [5, 5.41) is 9.00. The van der Waals surface area contributed by atoms with Gasteiger partial charge in [-0.2, -0.15) is 0 Å². The van der Waals surface area contributed by atoms with Crippen LogP contribution in [0.1, 0.15) is 10.4 Å². The fourth-order valence-corrected chi connectivity index (χ4v) is 1.74. The Morgan fingerprint density at radius 3 is 2.61 bits per heavy atom. The maximum atomic E-state index is 11.0. The van der Waals surface area contributed by atoms with Gasteiger partial charge in [-0.25, -0.2) is 4.79 Å². The molecule has 0 amide bonds. The van der Waals surface area contributed by atoms with Crippen LogP contribution in [0.3, 0.4) is 0 Å². The molecule has 18 heavy (non-hydrogen) atoms. The van der Waals surface area contributed by atoms with Crippen molar-refractivity contribution in [3.63, 3.8) is 0 Å². The van der Waals surface area contributed by atoms with E-state index in [-0.39, 0.29) is 5.56 Å². The van der Waals surface area contributed by atoms with Gasteiger partial charge < -0.3 is 15.6 Å². The number of anilines is 1. The highest BCUT2D eigenvalue weighted by Crippen LogP contribution is 2.26. The molecule has 0 aliphatic rings. The molecule has 0 saturated heterocycles. The van der Waals surface area contributed by atoms with E-state index >= 15 is 0 Å². The van der Waals surface area contributed by atoms with Crippen LogP contribution in [0.25, 0.3) is 11.1 Å². The smallest absolute Gasteiger partial charge is 0.335 e. The minimum atomic E-state index is -0.994. The van der Waals surface area contributed by atoms with E-state index in [1.165, 1.54) is 6.07 Å². The number of nitrogens with two attached hydrogens (primary N) is 1. The number of aromatic carboxylic acids is 1. The van der Waals surface area contributed by atoms with E-state index in [4.69, 9.17) is 15.6 Å². The minimum Gasteiger partial charge on any atom is -0.497 e. The van der Waals surface area contributed by atoms with Gasteiger partial charge in [0.25, 0.3) is 0 Å². The molecule has 4 heteroatoms. The van der Waals surface area contributed by atoms with Gasteiger partial charge in [0.2, 0.25) is 0 Å². The summed E-state index contributed by atoms with van der Waals surface area (Å²) in [6.45, 7) is 0. The molecule has 92 valence electrons. The van der Waals surface area contributed by atoms with Crippen molar-refractivity contribution >= 4 is 11.7 Å². The Morgan fingerprint density at radius 1 is 1.17 bits per heavy atom. The maximum Gasteiger partial charge on any atom is 0.335 e. The lowest BCUT2D eigenvalue weighted by Crippen LogP contribution is -1.98. The molecule has 4 nitrogen and oxygen atoms in total. The van der Waals surface area contributed by atoms with Crippen LogP contribution in [0.4, 0.5) is 5.69 Å². The van der Waals surface area contributed by atoms with Gasteiger partial charge in [0.05, 0.1) is 12.7 Å². The highest BCUT2D eigenvalue weighted by atomic mass is 16.5. The molecule has 0 aromatic heterocycles. The van der Waals surface area contributed by atoms with Crippen LogP contribution in [-0.4, -0.2) is 18.2 Å². The summed E-state index contributed by atoms with van der Waals surface area (Å²) in [5.41, 5.74) is 7.93. The van der Waals surface area contributed by atoms with Crippen LogP contribution in [0.15, 0.2) is 42.5 Å². The summed E-state index contributed by atoms with van der Waals surface area (Å²) in [5.74, 6) is -0.279. The first-order valence-electron chi connectivity index (χ1n) is 5.38. The van der Waals surface area contributed by atoms with E-state index < -0.39 is 5.97 Å². The summed E-state index contributed by atoms with van der Waals surface area (Å²) in [6.07, 6.45) is 0. The molecule has 0 unspecified atom stereocenters. The zero-order chi connectivity index (χ0) is 13.1. The van der Waals surface area contributed by atoms with Gasteiger partial charge in [0.1, 0.15) is 5.75 Å². The van der Waals surface area contributed by atoms with Crippen LogP contribution < -0.4 is 10.5 Å². The molecule has 0 spiro atoms. The fourth-order valence-electron chi connectivity index (χ4n) is 1.74. The van der Waals surface area contributed by atoms with Crippen molar-refractivity contribution in [3.05, 3.63) is 48.0 Å². The van der Waals surface area contributed by atoms with Crippen molar-refractivity contribution < 1.29 is 14.6 Å². The summed E-state index contributed by atoms with van der Waals surface area (Å²) >= 11 is 0. The highest BCUT2D eigenvalue weighted by Gasteiger charge is 2.07. The second-order valence-corrected chi connectivity index (χ2v) is 3.88. The fraction of sp³-hybridized carbons (Fsp3) is 0.0714. The third-order valence-corrected chi connectivity index (χ3v) is 2.61. The van der Waals surface area contributed by atoms with E-state index in [1.54, 1.807) is 19.2 Å². The van der Waals surface area contributed by atoms with Crippen molar-refractivity contribution in [2.45, 2.75) is 0 Å². The highest BCUT2D eigenvalue weighted by molar-refractivity contribution is 5.91. The van der Waals surface area contributed by atoms with Gasteiger partial charge in [-0.05, 0) is 41.5 Å². The Kier molecular flexibility index (Phi) is 3.19. The Bertz CT molecular complexity index is 593. The Hall–Kier alpha value is -2.49. The average molecular weight is 243 g/mol. The topological polar surface area (TPSA) is 72.5 Å². The number of benzene rings is 2. The predicted octanol–water partition coefficient (Wildman–Crippen LogP) is 2.64. The van der Waals surface area contributed by atoms with Crippen molar-refractivity contribution in [3.8, 4) is 16.9 Å². The first kappa shape index (κ1) is 12.0. The molecule has 2 aromatic carbocycles. The van der Waals surface area contributed by atoms with E-state index in [0.29, 0.717) is 11.4 Å². The van der Waals surface area contributed by atoms with Crippen molar-refractivity contribution in [1.29, 1.82) is 0 Å². The van der Waals surface area contributed by atoms with Crippen molar-refractivity contribution in [1.82, 2.24) is 0 Å². The van der Waals surface area contributed by atoms with E-state index in [1.807, 2.05) is 24.3 Å². The van der Waals surface area contributed by atoms with Crippen LogP contribution in [-0.2, 0) is 0 Å². The second kappa shape index (κ2) is 4.79. The van der Waals surface area contributed by atoms with Gasteiger partial charge in [0.15, 0.2) is 0 Å². The van der Waals surface area contributed by atoms with Gasteiger partial charge >= 0.3 is 5.97 Å². The normalized spacial score (nSPS) is 10.1. The predicted molar refractivity (Wildman–Crippen MR) is 69.8 cm³/mol. The molecular formula is C14H13NO3. The summed E-state index contributed by atoms with van der Waals surface area (Å²) in [6, 6.07) is 12.1. The standard InChI is InChI=1S/C14H13NO3/c1-18-13-4-2-3-9(8-13)10-5-11(14(16)17)7-12(15)6-10/h2-8H,15H2,1H3,(H,16,17). The molecule has 0 saturated carbocycles. The Morgan fingerprint density at radius 2 is 1.94 bits per heavy atom. The van der Waals surface area contributed by atoms with Crippen LogP contribution in [0.5, 0.6) is 5.75 Å². The number of hydrogen-bond donors (Lipinski definition) is 2. The number of nitrogen functional groups attached to an aromatic ring is 1. The lowest BCUT2D eigenvalue weighted by atomic mass is 10.0. The molecule has 3 N–H and O–H groups in total. The summed E-state index contributed by atoms with van der Waals surface area (Å²) in [4.78, 5) is 11.0. The lowest BCUT2D eigenvalue weighted by Gasteiger charge is -2.07. The summed E-state index contributed by atoms with van der Waals surface area (Å²) < 4.78 is 5.14. The Labute approximate surface area is 105 Å². The van der Waals surface area contributed by atoms with Crippen molar-refractivity contribution in [2.24, 2.45) is 0 Å². The lowest BCUT2D eigenvalue weighted by molar-refractivity contribution is 0.0697. The molecule has 0 aliphatic heterocycles. The number of ether oxygens (including phenoxy) is 1. The minimum absolute atomic E-state index is 0.174. The Balaban J connectivity index is 2.52. The largest absolute Gasteiger partial charge is 0.497 e. The molecule has 0 heterocycles. The van der Waals surface area contributed by atoms with Gasteiger partial charge in [0, 0.05) is 5.69 Å². The molecule has 0 aliphatic carbocycles. The number of hydrogen-bond acceptors (Lipinski definition) is 3. The molecule has 2 aromatic rings. The number of rotatable bonds is 3. The third kappa shape index (κ3) is 2.43. The molecule has 0 atom stereocenters. The molecule has 2 rings (SSSR count). The molecule has 0 fully saturated rings. The van der Waals surface area contributed by atoms with E-state index in [2.05, 4.69) is 0 Å². The monoisotopic (exact) mass is 243 g/mol. The summed E-state index contributed by atoms with van der Waals surface area (Å²) in [7, 11) is 1.58. The number of carbonyl (C=O) groups is 1. The SMILES string of the molecule is COc1cccc(-c2cc(N)cc(C(=O)O)c2)c1. The number of methoxy groups -OCH3 is 1. The zero-order valence-corrected chi connectivity index (χ0v) is 9.88. The van der Waals surface area contributed by atoms with E-state index in [0.717, 1.165) is 11.1 Å². The first-order valence-corrected chi connectivity index (χ1v) is 5.38. The molecule has 0 radical (unpaired) electrons. The maximum absolute atomic E-state index is 11.0. The first-order chi connectivity index (χ1) is 8.60. The average Bonchev–Trinajstić information content (AvgIpc) is 2.38. The van der Waals surface area contributed by atoms with Gasteiger partial charge in [-0.15, -0.1) is 0 Å². The van der Waals surface area contributed by atoms with Crippen molar-refractivity contribution in [2.75, 3.05) is 12.8 Å². The zero-order valence-electron chi connectivity index (χ0n) is 9.88. The quantitative estimate of drug-likeness (QED) is 0.813. The second-order valence-electron chi connectivity index (χ2n) is 3.88. The van der Waals surface area contributed by atoms with Gasteiger partial charge in [-0.3, -0.25) is 0 Å². The number of carboxylic acid groups (broad SMARTS) is 1. The van der Waals surface area contributed by atoms with Gasteiger partial charge in [-0.1, -0.05) is 12.1 Å². The van der Waals surface area contributed by atoms with Crippen LogP contribution in [0, 0.1) is 0 Å². The van der Waals surface area contributed by atoms with Crippen LogP contribution in [0.2, 0.25) is 0 Å². The molecular weight excluding hydrogens is 230 g/mol. The van der Waals surface area contributed by atoms with Crippen LogP contribution >= 0.6 is 0 Å². The molecule has 0 bridgehead atoms. The number of carboxylic acids is 1. The van der Waals surface area contributed by atoms with E-state index in [9.17, 15) is 4.79 Å². The third-order valence-electron chi connectivity index (χ3n) is 2.61.